The van der Waals surface area contributed by atoms with Crippen LogP contribution in [0.15, 0.2) is 18.2 Å². The molecule has 4 heteroatoms. The van der Waals surface area contributed by atoms with Crippen molar-refractivity contribution in [3.63, 3.8) is 0 Å². The number of aromatic hydroxyl groups is 1. The van der Waals surface area contributed by atoms with Gasteiger partial charge in [-0.1, -0.05) is 17.7 Å². The van der Waals surface area contributed by atoms with E-state index in [1.54, 1.807) is 12.1 Å². The van der Waals surface area contributed by atoms with Crippen LogP contribution in [0.3, 0.4) is 0 Å². The highest BCUT2D eigenvalue weighted by Gasteiger charge is 2.04. The lowest BCUT2D eigenvalue weighted by atomic mass is 10.1. The van der Waals surface area contributed by atoms with Gasteiger partial charge in [-0.3, -0.25) is 4.79 Å². The maximum Gasteiger partial charge on any atom is 0.303 e. The Balaban J connectivity index is 2.72. The third-order valence-electron chi connectivity index (χ3n) is 1.66. The highest BCUT2D eigenvalue weighted by atomic mass is 35.5. The Morgan fingerprint density at radius 2 is 2.15 bits per heavy atom. The topological polar surface area (TPSA) is 57.5 Å². The van der Waals surface area contributed by atoms with Gasteiger partial charge in [-0.05, 0) is 24.1 Å². The molecule has 70 valence electrons. The molecule has 0 bridgehead atoms. The molecule has 0 saturated carbocycles. The van der Waals surface area contributed by atoms with Crippen LogP contribution >= 0.6 is 11.6 Å². The Morgan fingerprint density at radius 3 is 2.69 bits per heavy atom. The number of benzene rings is 1. The third-order valence-corrected chi connectivity index (χ3v) is 1.89. The first kappa shape index (κ1) is 9.86. The van der Waals surface area contributed by atoms with Crippen molar-refractivity contribution in [1.29, 1.82) is 0 Å². The first-order chi connectivity index (χ1) is 6.09. The van der Waals surface area contributed by atoms with Crippen LogP contribution in [-0.2, 0) is 11.2 Å². The van der Waals surface area contributed by atoms with E-state index in [0.29, 0.717) is 17.0 Å². The Morgan fingerprint density at radius 1 is 1.46 bits per heavy atom. The molecule has 0 fully saturated rings. The van der Waals surface area contributed by atoms with E-state index in [0.717, 1.165) is 0 Å². The molecule has 0 unspecified atom stereocenters. The molecular weight excluding hydrogens is 192 g/mol. The van der Waals surface area contributed by atoms with Crippen LogP contribution in [0.25, 0.3) is 0 Å². The van der Waals surface area contributed by atoms with Gasteiger partial charge in [0, 0.05) is 11.4 Å². The number of aryl methyl sites for hydroxylation is 1. The van der Waals surface area contributed by atoms with Crippen molar-refractivity contribution in [3.05, 3.63) is 28.8 Å². The molecule has 0 heterocycles. The molecule has 0 aromatic heterocycles. The second-order valence-corrected chi connectivity index (χ2v) is 3.10. The number of carboxylic acid groups (broad SMARTS) is 1. The first-order valence-corrected chi connectivity index (χ1v) is 4.16. The molecule has 1 aromatic rings. The van der Waals surface area contributed by atoms with Gasteiger partial charge in [0.15, 0.2) is 0 Å². The average Bonchev–Trinajstić information content (AvgIpc) is 2.02. The van der Waals surface area contributed by atoms with E-state index < -0.39 is 5.97 Å². The summed E-state index contributed by atoms with van der Waals surface area (Å²) in [6.45, 7) is 0. The monoisotopic (exact) mass is 200 g/mol. The van der Waals surface area contributed by atoms with Crippen molar-refractivity contribution in [1.82, 2.24) is 0 Å². The lowest BCUT2D eigenvalue weighted by Crippen LogP contribution is -1.97. The molecule has 1 rings (SSSR count). The molecule has 0 amide bonds. The molecule has 3 nitrogen and oxygen atoms in total. The number of aliphatic carboxylic acids is 1. The van der Waals surface area contributed by atoms with Gasteiger partial charge in [-0.2, -0.15) is 0 Å². The molecule has 0 atom stereocenters. The highest BCUT2D eigenvalue weighted by Crippen LogP contribution is 2.22. The average molecular weight is 201 g/mol. The highest BCUT2D eigenvalue weighted by molar-refractivity contribution is 6.30. The minimum atomic E-state index is -0.880. The third kappa shape index (κ3) is 2.95. The second kappa shape index (κ2) is 4.14. The summed E-state index contributed by atoms with van der Waals surface area (Å²) in [7, 11) is 0. The number of carboxylic acids is 1. The van der Waals surface area contributed by atoms with E-state index in [4.69, 9.17) is 16.7 Å². The lowest BCUT2D eigenvalue weighted by Gasteiger charge is -2.02. The molecule has 13 heavy (non-hydrogen) atoms. The van der Waals surface area contributed by atoms with E-state index in [-0.39, 0.29) is 12.2 Å². The number of carbonyl (C=O) groups is 1. The van der Waals surface area contributed by atoms with Crippen molar-refractivity contribution in [2.75, 3.05) is 0 Å². The van der Waals surface area contributed by atoms with E-state index in [2.05, 4.69) is 0 Å². The summed E-state index contributed by atoms with van der Waals surface area (Å²) in [6, 6.07) is 4.65. The van der Waals surface area contributed by atoms with Crippen LogP contribution in [-0.4, -0.2) is 16.2 Å². The second-order valence-electron chi connectivity index (χ2n) is 2.67. The fourth-order valence-electron chi connectivity index (χ4n) is 0.990. The predicted molar refractivity (Wildman–Crippen MR) is 49.1 cm³/mol. The standard InChI is InChI=1S/C9H9ClO3/c10-7-3-1-6(8(11)5-7)2-4-9(12)13/h1,3,5,11H,2,4H2,(H,12,13). The smallest absolute Gasteiger partial charge is 0.303 e. The summed E-state index contributed by atoms with van der Waals surface area (Å²) in [6.07, 6.45) is 0.327. The van der Waals surface area contributed by atoms with E-state index in [1.165, 1.54) is 6.07 Å². The molecule has 0 aliphatic carbocycles. The lowest BCUT2D eigenvalue weighted by molar-refractivity contribution is -0.136. The fourth-order valence-corrected chi connectivity index (χ4v) is 1.16. The van der Waals surface area contributed by atoms with E-state index >= 15 is 0 Å². The van der Waals surface area contributed by atoms with Gasteiger partial charge in [0.25, 0.3) is 0 Å². The van der Waals surface area contributed by atoms with Gasteiger partial charge in [-0.25, -0.2) is 0 Å². The predicted octanol–water partition coefficient (Wildman–Crippen LogP) is 2.06. The fraction of sp³-hybridized carbons (Fsp3) is 0.222. The largest absolute Gasteiger partial charge is 0.508 e. The maximum absolute atomic E-state index is 10.2. The van der Waals surface area contributed by atoms with Gasteiger partial charge in [-0.15, -0.1) is 0 Å². The van der Waals surface area contributed by atoms with Gasteiger partial charge >= 0.3 is 5.97 Å². The van der Waals surface area contributed by atoms with Gasteiger partial charge in [0.2, 0.25) is 0 Å². The number of phenols is 1. The number of halogens is 1. The van der Waals surface area contributed by atoms with Crippen molar-refractivity contribution in [2.24, 2.45) is 0 Å². The van der Waals surface area contributed by atoms with E-state index in [1.807, 2.05) is 0 Å². The van der Waals surface area contributed by atoms with Crippen LogP contribution in [0.2, 0.25) is 5.02 Å². The molecular formula is C9H9ClO3. The Bertz CT molecular complexity index is 323. The Hall–Kier alpha value is -1.22. The van der Waals surface area contributed by atoms with Crippen LogP contribution in [0.4, 0.5) is 0 Å². The molecule has 1 aromatic carbocycles. The normalized spacial score (nSPS) is 9.92. The van der Waals surface area contributed by atoms with Crippen molar-refractivity contribution in [2.45, 2.75) is 12.8 Å². The summed E-state index contributed by atoms with van der Waals surface area (Å²) in [5.74, 6) is -0.830. The Kier molecular flexibility index (Phi) is 3.14. The number of phenolic OH excluding ortho intramolecular Hbond substituents is 1. The minimum Gasteiger partial charge on any atom is -0.508 e. The van der Waals surface area contributed by atoms with Crippen LogP contribution in [0, 0.1) is 0 Å². The summed E-state index contributed by atoms with van der Waals surface area (Å²) >= 11 is 5.60. The molecule has 0 radical (unpaired) electrons. The van der Waals surface area contributed by atoms with Gasteiger partial charge in [0.1, 0.15) is 5.75 Å². The minimum absolute atomic E-state index is 0.00912. The molecule has 0 saturated heterocycles. The van der Waals surface area contributed by atoms with Gasteiger partial charge in [0.05, 0.1) is 0 Å². The van der Waals surface area contributed by atoms with Crippen LogP contribution < -0.4 is 0 Å². The Labute approximate surface area is 80.6 Å². The van der Waals surface area contributed by atoms with E-state index in [9.17, 15) is 9.90 Å². The summed E-state index contributed by atoms with van der Waals surface area (Å²) in [4.78, 5) is 10.2. The van der Waals surface area contributed by atoms with Crippen molar-refractivity contribution in [3.8, 4) is 5.75 Å². The molecule has 0 aliphatic heterocycles. The first-order valence-electron chi connectivity index (χ1n) is 3.79. The van der Waals surface area contributed by atoms with Crippen molar-refractivity contribution < 1.29 is 15.0 Å². The quantitative estimate of drug-likeness (QED) is 0.785. The zero-order valence-corrected chi connectivity index (χ0v) is 7.58. The number of hydrogen-bond donors (Lipinski definition) is 2. The summed E-state index contributed by atoms with van der Waals surface area (Å²) in [5.41, 5.74) is 0.604. The summed E-state index contributed by atoms with van der Waals surface area (Å²) in [5, 5.41) is 18.2. The van der Waals surface area contributed by atoms with Crippen LogP contribution in [0.1, 0.15) is 12.0 Å². The summed E-state index contributed by atoms with van der Waals surface area (Å²) < 4.78 is 0. The zero-order valence-electron chi connectivity index (χ0n) is 6.83. The number of hydrogen-bond acceptors (Lipinski definition) is 2. The molecule has 0 spiro atoms. The molecule has 2 N–H and O–H groups in total. The molecule has 0 aliphatic rings. The van der Waals surface area contributed by atoms with Crippen LogP contribution in [0.5, 0.6) is 5.75 Å². The maximum atomic E-state index is 10.2. The van der Waals surface area contributed by atoms with Crippen molar-refractivity contribution >= 4 is 17.6 Å². The SMILES string of the molecule is O=C(O)CCc1ccc(Cl)cc1O. The van der Waals surface area contributed by atoms with Gasteiger partial charge < -0.3 is 10.2 Å². The zero-order chi connectivity index (χ0) is 9.84. The number of rotatable bonds is 3.